The molecule has 1 aromatic rings. The van der Waals surface area contributed by atoms with Gasteiger partial charge in [-0.25, -0.2) is 0 Å². The third-order valence-electron chi connectivity index (χ3n) is 2.83. The minimum atomic E-state index is -4.26. The monoisotopic (exact) mass is 270 g/mol. The number of benzene rings is 1. The summed E-state index contributed by atoms with van der Waals surface area (Å²) in [4.78, 5) is 21.8. The van der Waals surface area contributed by atoms with Crippen molar-refractivity contribution in [1.82, 2.24) is 0 Å². The number of hydrogen-bond acceptors (Lipinski definition) is 3. The van der Waals surface area contributed by atoms with Crippen molar-refractivity contribution in [3.8, 4) is 0 Å². The molecule has 0 heterocycles. The van der Waals surface area contributed by atoms with Gasteiger partial charge in [0.15, 0.2) is 0 Å². The van der Waals surface area contributed by atoms with E-state index in [1.807, 2.05) is 13.8 Å². The van der Waals surface area contributed by atoms with E-state index in [1.54, 1.807) is 25.1 Å². The van der Waals surface area contributed by atoms with E-state index in [9.17, 15) is 14.3 Å². The van der Waals surface area contributed by atoms with E-state index in [0.717, 1.165) is 0 Å². The van der Waals surface area contributed by atoms with Crippen LogP contribution in [0.3, 0.4) is 0 Å². The summed E-state index contributed by atoms with van der Waals surface area (Å²) < 4.78 is 17.0. The predicted octanol–water partition coefficient (Wildman–Crippen LogP) is 3.53. The maximum atomic E-state index is 12.0. The fraction of sp³-hybridized carbons (Fsp3) is 0.462. The molecule has 0 aliphatic rings. The molecule has 5 heteroatoms. The van der Waals surface area contributed by atoms with Crippen molar-refractivity contribution >= 4 is 13.1 Å². The van der Waals surface area contributed by atoms with E-state index >= 15 is 0 Å². The number of carbonyl (C=O) groups is 1. The second kappa shape index (κ2) is 6.28. The first-order chi connectivity index (χ1) is 8.42. The zero-order valence-electron chi connectivity index (χ0n) is 10.9. The highest BCUT2D eigenvalue weighted by Crippen LogP contribution is 2.47. The Kier molecular flexibility index (Phi) is 5.27. The van der Waals surface area contributed by atoms with E-state index in [4.69, 9.17) is 4.52 Å². The van der Waals surface area contributed by atoms with Crippen molar-refractivity contribution < 1.29 is 18.8 Å². The van der Waals surface area contributed by atoms with Crippen LogP contribution in [0.5, 0.6) is 0 Å². The number of aryl methyl sites for hydroxylation is 1. The Balaban J connectivity index is 2.96. The second-order valence-electron chi connectivity index (χ2n) is 4.18. The molecule has 0 radical (unpaired) electrons. The van der Waals surface area contributed by atoms with Crippen LogP contribution >= 0.6 is 7.60 Å². The number of hydrogen-bond donors (Lipinski definition) is 1. The Morgan fingerprint density at radius 1 is 1.33 bits per heavy atom. The molecule has 0 fully saturated rings. The molecule has 0 saturated heterocycles. The molecule has 0 saturated carbocycles. The smallest absolute Gasteiger partial charge is 0.319 e. The van der Waals surface area contributed by atoms with Gasteiger partial charge in [-0.3, -0.25) is 13.9 Å². The summed E-state index contributed by atoms with van der Waals surface area (Å²) >= 11 is 0. The minimum Gasteiger partial charge on any atom is -0.319 e. The molecule has 1 N–H and O–H groups in total. The van der Waals surface area contributed by atoms with E-state index in [0.29, 0.717) is 18.4 Å². The van der Waals surface area contributed by atoms with E-state index in [2.05, 4.69) is 0 Å². The topological polar surface area (TPSA) is 63.6 Å². The van der Waals surface area contributed by atoms with Crippen molar-refractivity contribution in [3.63, 3.8) is 0 Å². The molecular weight excluding hydrogens is 251 g/mol. The second-order valence-corrected chi connectivity index (χ2v) is 5.84. The van der Waals surface area contributed by atoms with Crippen LogP contribution < -0.4 is 0 Å². The van der Waals surface area contributed by atoms with Crippen LogP contribution in [0.2, 0.25) is 0 Å². The molecule has 4 nitrogen and oxygen atoms in total. The summed E-state index contributed by atoms with van der Waals surface area (Å²) in [5.74, 6) is 0. The third-order valence-corrected chi connectivity index (χ3v) is 4.17. The normalized spacial score (nSPS) is 14.5. The predicted molar refractivity (Wildman–Crippen MR) is 70.8 cm³/mol. The summed E-state index contributed by atoms with van der Waals surface area (Å²) in [6.45, 7) is 5.43. The fourth-order valence-electron chi connectivity index (χ4n) is 1.65. The van der Waals surface area contributed by atoms with E-state index < -0.39 is 13.1 Å². The molecule has 0 bridgehead atoms. The highest BCUT2D eigenvalue weighted by atomic mass is 31.2. The number of rotatable bonds is 6. The van der Waals surface area contributed by atoms with Gasteiger partial charge in [-0.05, 0) is 25.3 Å². The zero-order valence-corrected chi connectivity index (χ0v) is 11.8. The molecule has 1 rings (SSSR count). The van der Waals surface area contributed by atoms with Crippen molar-refractivity contribution in [2.24, 2.45) is 0 Å². The SMILES string of the molecule is CCC(CC)OP(=O)(O)C(=O)c1ccccc1C. The molecule has 100 valence electrons. The maximum Gasteiger partial charge on any atom is 0.399 e. The van der Waals surface area contributed by atoms with Crippen LogP contribution in [0.1, 0.15) is 42.6 Å². The van der Waals surface area contributed by atoms with Gasteiger partial charge in [-0.15, -0.1) is 0 Å². The zero-order chi connectivity index (χ0) is 13.8. The van der Waals surface area contributed by atoms with Crippen molar-refractivity contribution in [1.29, 1.82) is 0 Å². The Bertz CT molecular complexity index is 466. The Morgan fingerprint density at radius 2 is 1.89 bits per heavy atom. The van der Waals surface area contributed by atoms with Gasteiger partial charge in [0.05, 0.1) is 6.10 Å². The average molecular weight is 270 g/mol. The first-order valence-electron chi connectivity index (χ1n) is 6.04. The van der Waals surface area contributed by atoms with Crippen LogP contribution in [-0.4, -0.2) is 16.5 Å². The molecule has 1 atom stereocenters. The molecule has 0 aliphatic heterocycles. The van der Waals surface area contributed by atoms with E-state index in [-0.39, 0.29) is 11.7 Å². The molecule has 0 amide bonds. The quantitative estimate of drug-likeness (QED) is 0.803. The molecule has 0 spiro atoms. The van der Waals surface area contributed by atoms with E-state index in [1.165, 1.54) is 6.07 Å². The van der Waals surface area contributed by atoms with Crippen molar-refractivity contribution in [2.75, 3.05) is 0 Å². The molecule has 1 unspecified atom stereocenters. The lowest BCUT2D eigenvalue weighted by Gasteiger charge is -2.18. The van der Waals surface area contributed by atoms with Crippen LogP contribution in [0.25, 0.3) is 0 Å². The summed E-state index contributed by atoms with van der Waals surface area (Å²) in [6, 6.07) is 6.70. The lowest BCUT2D eigenvalue weighted by Crippen LogP contribution is -2.13. The first kappa shape index (κ1) is 15.1. The standard InChI is InChI=1S/C13H19O4P/c1-4-11(5-2)17-18(15,16)13(14)12-9-7-6-8-10(12)3/h6-9,11H,4-5H2,1-3H3,(H,15,16). The number of carbonyl (C=O) groups excluding carboxylic acids is 1. The van der Waals surface area contributed by atoms with Gasteiger partial charge >= 0.3 is 7.60 Å². The highest BCUT2D eigenvalue weighted by molar-refractivity contribution is 7.71. The summed E-state index contributed by atoms with van der Waals surface area (Å²) in [7, 11) is -4.26. The van der Waals surface area contributed by atoms with Gasteiger partial charge in [0.25, 0.3) is 5.52 Å². The largest absolute Gasteiger partial charge is 0.399 e. The molecule has 0 aliphatic carbocycles. The fourth-order valence-corrected chi connectivity index (χ4v) is 3.01. The van der Waals surface area contributed by atoms with Gasteiger partial charge in [-0.1, -0.05) is 38.1 Å². The summed E-state index contributed by atoms with van der Waals surface area (Å²) in [5, 5.41) is 0. The van der Waals surface area contributed by atoms with Crippen LogP contribution in [-0.2, 0) is 9.09 Å². The van der Waals surface area contributed by atoms with Crippen molar-refractivity contribution in [2.45, 2.75) is 39.7 Å². The van der Waals surface area contributed by atoms with Gasteiger partial charge in [0.2, 0.25) is 0 Å². The molecular formula is C13H19O4P. The maximum absolute atomic E-state index is 12.0. The van der Waals surface area contributed by atoms with Gasteiger partial charge in [0.1, 0.15) is 0 Å². The molecule has 1 aromatic carbocycles. The Morgan fingerprint density at radius 3 is 2.39 bits per heavy atom. The van der Waals surface area contributed by atoms with Gasteiger partial charge < -0.3 is 4.89 Å². The Hall–Kier alpha value is -0.960. The van der Waals surface area contributed by atoms with Crippen molar-refractivity contribution in [3.05, 3.63) is 35.4 Å². The van der Waals surface area contributed by atoms with Crippen LogP contribution in [0.15, 0.2) is 24.3 Å². The molecule has 0 aromatic heterocycles. The first-order valence-corrected chi connectivity index (χ1v) is 7.61. The summed E-state index contributed by atoms with van der Waals surface area (Å²) in [6.07, 6.45) is 0.832. The average Bonchev–Trinajstić information content (AvgIpc) is 2.35. The lowest BCUT2D eigenvalue weighted by atomic mass is 10.1. The van der Waals surface area contributed by atoms with Crippen LogP contribution in [0, 0.1) is 6.92 Å². The highest BCUT2D eigenvalue weighted by Gasteiger charge is 2.34. The third kappa shape index (κ3) is 3.52. The Labute approximate surface area is 108 Å². The molecule has 18 heavy (non-hydrogen) atoms. The van der Waals surface area contributed by atoms with Crippen LogP contribution in [0.4, 0.5) is 0 Å². The van der Waals surface area contributed by atoms with Gasteiger partial charge in [-0.2, -0.15) is 0 Å². The van der Waals surface area contributed by atoms with Gasteiger partial charge in [0, 0.05) is 5.56 Å². The summed E-state index contributed by atoms with van der Waals surface area (Å²) in [5.41, 5.74) is 0.0895. The lowest BCUT2D eigenvalue weighted by molar-refractivity contribution is 0.0977. The minimum absolute atomic E-state index is 0.245.